The highest BCUT2D eigenvalue weighted by Gasteiger charge is 2.33. The van der Waals surface area contributed by atoms with Gasteiger partial charge in [0.2, 0.25) is 0 Å². The number of aliphatic hydroxyl groups is 4. The van der Waals surface area contributed by atoms with E-state index in [1.165, 1.54) is 64.2 Å². The van der Waals surface area contributed by atoms with Crippen molar-refractivity contribution in [2.75, 3.05) is 6.61 Å². The van der Waals surface area contributed by atoms with E-state index in [-0.39, 0.29) is 12.7 Å². The molecule has 0 aromatic heterocycles. The normalized spacial score (nSPS) is 15.4. The topological polar surface area (TPSA) is 124 Å². The number of esters is 1. The molecule has 0 amide bonds. The van der Waals surface area contributed by atoms with E-state index in [0.29, 0.717) is 6.42 Å². The lowest BCUT2D eigenvalue weighted by Crippen LogP contribution is -2.48. The second kappa shape index (κ2) is 19.9. The van der Waals surface area contributed by atoms with Crippen LogP contribution in [0, 0.1) is 0 Å². The van der Waals surface area contributed by atoms with Gasteiger partial charge < -0.3 is 25.2 Å². The van der Waals surface area contributed by atoms with Crippen molar-refractivity contribution in [3.05, 3.63) is 0 Å². The van der Waals surface area contributed by atoms with Gasteiger partial charge >= 0.3 is 5.97 Å². The highest BCUT2D eigenvalue weighted by molar-refractivity contribution is 5.72. The first-order valence-corrected chi connectivity index (χ1v) is 11.8. The SMILES string of the molecule is CCCCCCCCCCCCCCCCC(=O)O[C@H](C=O)[C@@H](O)[C@H](O)[C@H](O)CO. The van der Waals surface area contributed by atoms with Gasteiger partial charge in [0.05, 0.1) is 6.61 Å². The third-order valence-electron chi connectivity index (χ3n) is 5.40. The van der Waals surface area contributed by atoms with E-state index < -0.39 is 37.0 Å². The van der Waals surface area contributed by atoms with Crippen molar-refractivity contribution >= 4 is 12.3 Å². The summed E-state index contributed by atoms with van der Waals surface area (Å²) in [5.41, 5.74) is 0. The Balaban J connectivity index is 3.65. The molecular formula is C23H44O7. The summed E-state index contributed by atoms with van der Waals surface area (Å²) in [6.45, 7) is 1.46. The number of carbonyl (C=O) groups excluding carboxylic acids is 2. The number of aliphatic hydroxyl groups excluding tert-OH is 4. The van der Waals surface area contributed by atoms with Gasteiger partial charge in [0, 0.05) is 6.42 Å². The molecule has 0 aliphatic rings. The molecule has 0 aromatic rings. The van der Waals surface area contributed by atoms with Crippen molar-refractivity contribution in [1.82, 2.24) is 0 Å². The van der Waals surface area contributed by atoms with Crippen molar-refractivity contribution < 1.29 is 34.8 Å². The lowest BCUT2D eigenvalue weighted by molar-refractivity contribution is -0.168. The highest BCUT2D eigenvalue weighted by atomic mass is 16.6. The molecule has 0 radical (unpaired) electrons. The fourth-order valence-electron chi connectivity index (χ4n) is 3.38. The molecule has 0 heterocycles. The van der Waals surface area contributed by atoms with Gasteiger partial charge in [-0.15, -0.1) is 0 Å². The van der Waals surface area contributed by atoms with Crippen LogP contribution in [0.5, 0.6) is 0 Å². The summed E-state index contributed by atoms with van der Waals surface area (Å²) in [7, 11) is 0. The number of carbonyl (C=O) groups is 2. The molecule has 0 fully saturated rings. The lowest BCUT2D eigenvalue weighted by atomic mass is 10.0. The third-order valence-corrected chi connectivity index (χ3v) is 5.40. The Kier molecular flexibility index (Phi) is 19.2. The van der Waals surface area contributed by atoms with Crippen LogP contribution in [0.15, 0.2) is 0 Å². The maximum Gasteiger partial charge on any atom is 0.306 e. The first-order chi connectivity index (χ1) is 14.5. The summed E-state index contributed by atoms with van der Waals surface area (Å²) in [4.78, 5) is 22.8. The highest BCUT2D eigenvalue weighted by Crippen LogP contribution is 2.14. The Morgan fingerprint density at radius 1 is 0.767 bits per heavy atom. The van der Waals surface area contributed by atoms with Gasteiger partial charge in [-0.1, -0.05) is 90.4 Å². The lowest BCUT2D eigenvalue weighted by Gasteiger charge is -2.25. The summed E-state index contributed by atoms with van der Waals surface area (Å²) < 4.78 is 4.88. The summed E-state index contributed by atoms with van der Waals surface area (Å²) in [6, 6.07) is 0. The Bertz CT molecular complexity index is 416. The Morgan fingerprint density at radius 2 is 1.20 bits per heavy atom. The minimum Gasteiger partial charge on any atom is -0.452 e. The maximum atomic E-state index is 11.8. The Hall–Kier alpha value is -1.02. The van der Waals surface area contributed by atoms with Crippen molar-refractivity contribution in [3.8, 4) is 0 Å². The zero-order valence-corrected chi connectivity index (χ0v) is 18.7. The summed E-state index contributed by atoms with van der Waals surface area (Å²) in [5, 5.41) is 37.5. The standard InChI is InChI=1S/C23H44O7/c1-2-3-4-5-6-7-8-9-10-11-12-13-14-15-16-21(27)30-20(18-25)23(29)22(28)19(26)17-24/h18-20,22-24,26,28-29H,2-17H2,1H3/t19-,20-,22-,23-/m1/s1. The number of unbranched alkanes of at least 4 members (excludes halogenated alkanes) is 13. The number of hydrogen-bond donors (Lipinski definition) is 4. The van der Waals surface area contributed by atoms with Crippen LogP contribution in [-0.2, 0) is 14.3 Å². The molecule has 0 saturated carbocycles. The fraction of sp³-hybridized carbons (Fsp3) is 0.913. The van der Waals surface area contributed by atoms with E-state index >= 15 is 0 Å². The Labute approximate surface area is 181 Å². The van der Waals surface area contributed by atoms with Crippen LogP contribution in [-0.4, -0.2) is 63.7 Å². The first-order valence-electron chi connectivity index (χ1n) is 11.8. The van der Waals surface area contributed by atoms with E-state index in [1.807, 2.05) is 0 Å². The third kappa shape index (κ3) is 14.9. The van der Waals surface area contributed by atoms with Gasteiger partial charge in [-0.05, 0) is 6.42 Å². The van der Waals surface area contributed by atoms with Crippen LogP contribution in [0.4, 0.5) is 0 Å². The van der Waals surface area contributed by atoms with E-state index in [1.54, 1.807) is 0 Å². The van der Waals surface area contributed by atoms with Gasteiger partial charge in [0.25, 0.3) is 0 Å². The molecule has 4 N–H and O–H groups in total. The smallest absolute Gasteiger partial charge is 0.306 e. The van der Waals surface area contributed by atoms with E-state index in [9.17, 15) is 24.9 Å². The zero-order chi connectivity index (χ0) is 22.6. The molecule has 7 nitrogen and oxygen atoms in total. The molecule has 0 bridgehead atoms. The van der Waals surface area contributed by atoms with Crippen LogP contribution in [0.2, 0.25) is 0 Å². The fourth-order valence-corrected chi connectivity index (χ4v) is 3.38. The van der Waals surface area contributed by atoms with E-state index in [2.05, 4.69) is 6.92 Å². The van der Waals surface area contributed by atoms with Crippen LogP contribution in [0.1, 0.15) is 103 Å². The molecule has 0 rings (SSSR count). The predicted molar refractivity (Wildman–Crippen MR) is 116 cm³/mol. The number of rotatable bonds is 21. The largest absolute Gasteiger partial charge is 0.452 e. The summed E-state index contributed by atoms with van der Waals surface area (Å²) in [5.74, 6) is -0.629. The van der Waals surface area contributed by atoms with Crippen molar-refractivity contribution in [1.29, 1.82) is 0 Å². The molecule has 0 aliphatic heterocycles. The molecule has 7 heteroatoms. The maximum absolute atomic E-state index is 11.8. The quantitative estimate of drug-likeness (QED) is 0.125. The zero-order valence-electron chi connectivity index (χ0n) is 18.7. The average molecular weight is 433 g/mol. The van der Waals surface area contributed by atoms with Crippen LogP contribution >= 0.6 is 0 Å². The monoisotopic (exact) mass is 432 g/mol. The predicted octanol–water partition coefficient (Wildman–Crippen LogP) is 3.04. The van der Waals surface area contributed by atoms with Gasteiger partial charge in [0.1, 0.15) is 18.3 Å². The summed E-state index contributed by atoms with van der Waals surface area (Å²) in [6.07, 6.45) is 10.5. The molecule has 30 heavy (non-hydrogen) atoms. The second-order valence-corrected chi connectivity index (χ2v) is 8.17. The molecule has 0 aromatic carbocycles. The summed E-state index contributed by atoms with van der Waals surface area (Å²) >= 11 is 0. The van der Waals surface area contributed by atoms with Crippen LogP contribution in [0.3, 0.4) is 0 Å². The minimum absolute atomic E-state index is 0.133. The van der Waals surface area contributed by atoms with Crippen LogP contribution in [0.25, 0.3) is 0 Å². The number of hydrogen-bond acceptors (Lipinski definition) is 7. The molecule has 0 aliphatic carbocycles. The van der Waals surface area contributed by atoms with Gasteiger partial charge in [0.15, 0.2) is 12.4 Å². The molecule has 178 valence electrons. The molecular weight excluding hydrogens is 388 g/mol. The van der Waals surface area contributed by atoms with Crippen molar-refractivity contribution in [2.24, 2.45) is 0 Å². The van der Waals surface area contributed by atoms with Gasteiger partial charge in [-0.25, -0.2) is 0 Å². The minimum atomic E-state index is -1.79. The van der Waals surface area contributed by atoms with Crippen LogP contribution < -0.4 is 0 Å². The van der Waals surface area contributed by atoms with Crippen molar-refractivity contribution in [3.63, 3.8) is 0 Å². The molecule has 4 atom stereocenters. The molecule has 0 spiro atoms. The van der Waals surface area contributed by atoms with Gasteiger partial charge in [-0.3, -0.25) is 9.59 Å². The second-order valence-electron chi connectivity index (χ2n) is 8.17. The number of aldehydes is 1. The Morgan fingerprint density at radius 3 is 1.60 bits per heavy atom. The first kappa shape index (κ1) is 29.0. The van der Waals surface area contributed by atoms with E-state index in [4.69, 9.17) is 9.84 Å². The number of ether oxygens (including phenoxy) is 1. The van der Waals surface area contributed by atoms with Crippen molar-refractivity contribution in [2.45, 2.75) is 128 Å². The average Bonchev–Trinajstić information content (AvgIpc) is 2.76. The van der Waals surface area contributed by atoms with E-state index in [0.717, 1.165) is 19.3 Å². The molecule has 0 saturated heterocycles. The molecule has 0 unspecified atom stereocenters. The van der Waals surface area contributed by atoms with Gasteiger partial charge in [-0.2, -0.15) is 0 Å².